The molecule has 1 aromatic carbocycles. The lowest BCUT2D eigenvalue weighted by molar-refractivity contribution is -0.139. The molecule has 1 fully saturated rings. The van der Waals surface area contributed by atoms with E-state index in [4.69, 9.17) is 4.74 Å². The van der Waals surface area contributed by atoms with Crippen LogP contribution in [-0.4, -0.2) is 68.0 Å². The zero-order chi connectivity index (χ0) is 18.9. The second-order valence-corrected chi connectivity index (χ2v) is 6.71. The first-order valence-electron chi connectivity index (χ1n) is 9.47. The molecule has 2 amide bonds. The van der Waals surface area contributed by atoms with E-state index in [0.29, 0.717) is 19.6 Å². The average molecular weight is 361 g/mol. The maximum atomic E-state index is 12.6. The molecular weight excluding hydrogens is 330 g/mol. The van der Waals surface area contributed by atoms with Gasteiger partial charge in [0, 0.05) is 45.3 Å². The zero-order valence-corrected chi connectivity index (χ0v) is 16.2. The van der Waals surface area contributed by atoms with E-state index in [1.807, 2.05) is 29.2 Å². The van der Waals surface area contributed by atoms with Crippen LogP contribution >= 0.6 is 0 Å². The van der Waals surface area contributed by atoms with Crippen LogP contribution in [0.5, 0.6) is 5.75 Å². The van der Waals surface area contributed by atoms with Crippen LogP contribution in [0.15, 0.2) is 24.3 Å². The van der Waals surface area contributed by atoms with E-state index >= 15 is 0 Å². The fourth-order valence-corrected chi connectivity index (χ4v) is 3.17. The minimum absolute atomic E-state index is 0.0219. The van der Waals surface area contributed by atoms with Crippen molar-refractivity contribution in [1.29, 1.82) is 0 Å². The smallest absolute Gasteiger partial charge is 0.242 e. The number of anilines is 1. The van der Waals surface area contributed by atoms with Crippen LogP contribution < -0.4 is 9.64 Å². The quantitative estimate of drug-likeness (QED) is 0.667. The molecule has 0 bridgehead atoms. The first-order chi connectivity index (χ1) is 12.5. The Hall–Kier alpha value is -2.24. The maximum absolute atomic E-state index is 12.6. The molecule has 144 valence electrons. The second-order valence-electron chi connectivity index (χ2n) is 6.71. The van der Waals surface area contributed by atoms with Gasteiger partial charge in [-0.15, -0.1) is 0 Å². The molecule has 0 saturated carbocycles. The van der Waals surface area contributed by atoms with Crippen molar-refractivity contribution in [3.63, 3.8) is 0 Å². The predicted molar refractivity (Wildman–Crippen MR) is 104 cm³/mol. The van der Waals surface area contributed by atoms with Crippen molar-refractivity contribution in [3.05, 3.63) is 24.3 Å². The van der Waals surface area contributed by atoms with Crippen molar-refractivity contribution in [3.8, 4) is 5.75 Å². The molecule has 1 aromatic rings. The minimum Gasteiger partial charge on any atom is -0.497 e. The Morgan fingerprint density at radius 1 is 1.08 bits per heavy atom. The molecule has 6 nitrogen and oxygen atoms in total. The monoisotopic (exact) mass is 361 g/mol. The lowest BCUT2D eigenvalue weighted by Gasteiger charge is -2.37. The Morgan fingerprint density at radius 2 is 1.73 bits per heavy atom. The number of amides is 2. The van der Waals surface area contributed by atoms with Gasteiger partial charge in [-0.25, -0.2) is 0 Å². The summed E-state index contributed by atoms with van der Waals surface area (Å²) < 4.78 is 5.19. The van der Waals surface area contributed by atoms with Crippen molar-refractivity contribution in [2.45, 2.75) is 33.1 Å². The number of unbranched alkanes of at least 4 members (excludes halogenated alkanes) is 2. The highest BCUT2D eigenvalue weighted by molar-refractivity contribution is 5.84. The number of ether oxygens (including phenoxy) is 1. The highest BCUT2D eigenvalue weighted by Crippen LogP contribution is 2.20. The third-order valence-corrected chi connectivity index (χ3v) is 4.87. The average Bonchev–Trinajstić information content (AvgIpc) is 2.67. The fourth-order valence-electron chi connectivity index (χ4n) is 3.17. The van der Waals surface area contributed by atoms with E-state index < -0.39 is 0 Å². The zero-order valence-electron chi connectivity index (χ0n) is 16.2. The van der Waals surface area contributed by atoms with E-state index in [1.54, 1.807) is 18.9 Å². The van der Waals surface area contributed by atoms with E-state index in [2.05, 4.69) is 11.8 Å². The number of carbonyl (C=O) groups excluding carboxylic acids is 2. The van der Waals surface area contributed by atoms with Gasteiger partial charge in [-0.2, -0.15) is 0 Å². The van der Waals surface area contributed by atoms with Crippen LogP contribution in [0.2, 0.25) is 0 Å². The summed E-state index contributed by atoms with van der Waals surface area (Å²) in [6.45, 7) is 7.51. The largest absolute Gasteiger partial charge is 0.497 e. The normalized spacial score (nSPS) is 14.3. The summed E-state index contributed by atoms with van der Waals surface area (Å²) in [5.41, 5.74) is 1.14. The number of nitrogens with zero attached hydrogens (tertiary/aromatic N) is 3. The van der Waals surface area contributed by atoms with Crippen LogP contribution in [0.25, 0.3) is 0 Å². The Balaban J connectivity index is 1.83. The summed E-state index contributed by atoms with van der Waals surface area (Å²) in [5, 5.41) is 0. The van der Waals surface area contributed by atoms with Crippen LogP contribution in [0.1, 0.15) is 33.1 Å². The maximum Gasteiger partial charge on any atom is 0.242 e. The van der Waals surface area contributed by atoms with Gasteiger partial charge in [-0.1, -0.05) is 19.8 Å². The van der Waals surface area contributed by atoms with Crippen LogP contribution in [0, 0.1) is 0 Å². The van der Waals surface area contributed by atoms with Crippen LogP contribution in [-0.2, 0) is 9.59 Å². The molecule has 0 aromatic heterocycles. The topological polar surface area (TPSA) is 53.1 Å². The molecule has 0 radical (unpaired) electrons. The van der Waals surface area contributed by atoms with Gasteiger partial charge in [-0.05, 0) is 30.7 Å². The molecule has 0 unspecified atom stereocenters. The number of rotatable bonds is 8. The van der Waals surface area contributed by atoms with Crippen molar-refractivity contribution in [1.82, 2.24) is 9.80 Å². The molecular formula is C20H31N3O3. The lowest BCUT2D eigenvalue weighted by Crippen LogP contribution is -2.51. The van der Waals surface area contributed by atoms with E-state index in [-0.39, 0.29) is 18.4 Å². The summed E-state index contributed by atoms with van der Waals surface area (Å²) in [6, 6.07) is 7.99. The molecule has 1 aliphatic rings. The van der Waals surface area contributed by atoms with Gasteiger partial charge in [0.2, 0.25) is 11.8 Å². The summed E-state index contributed by atoms with van der Waals surface area (Å²) in [6.07, 6.45) is 3.14. The Labute approximate surface area is 156 Å². The number of benzene rings is 1. The molecule has 0 spiro atoms. The van der Waals surface area contributed by atoms with E-state index in [0.717, 1.165) is 43.8 Å². The first-order valence-corrected chi connectivity index (χ1v) is 9.47. The van der Waals surface area contributed by atoms with Crippen molar-refractivity contribution < 1.29 is 14.3 Å². The standard InChI is InChI=1S/C20H31N3O3/c1-4-5-6-11-23(17(2)24)16-20(25)22-14-12-21(13-15-22)18-7-9-19(26-3)10-8-18/h7-10H,4-6,11-16H2,1-3H3. The van der Waals surface area contributed by atoms with Crippen molar-refractivity contribution in [2.75, 3.05) is 51.3 Å². The number of methoxy groups -OCH3 is 1. The summed E-state index contributed by atoms with van der Waals surface area (Å²) in [4.78, 5) is 30.2. The van der Waals surface area contributed by atoms with E-state index in [9.17, 15) is 9.59 Å². The van der Waals surface area contributed by atoms with Gasteiger partial charge < -0.3 is 19.4 Å². The highest BCUT2D eigenvalue weighted by atomic mass is 16.5. The number of hydrogen-bond donors (Lipinski definition) is 0. The van der Waals surface area contributed by atoms with Crippen LogP contribution in [0.3, 0.4) is 0 Å². The summed E-state index contributed by atoms with van der Waals surface area (Å²) >= 11 is 0. The summed E-state index contributed by atoms with van der Waals surface area (Å²) in [7, 11) is 1.66. The summed E-state index contributed by atoms with van der Waals surface area (Å²) in [5.74, 6) is 0.868. The van der Waals surface area contributed by atoms with Gasteiger partial charge in [-0.3, -0.25) is 9.59 Å². The molecule has 1 saturated heterocycles. The van der Waals surface area contributed by atoms with Crippen molar-refractivity contribution in [2.24, 2.45) is 0 Å². The SMILES string of the molecule is CCCCCN(CC(=O)N1CCN(c2ccc(OC)cc2)CC1)C(C)=O. The highest BCUT2D eigenvalue weighted by Gasteiger charge is 2.23. The van der Waals surface area contributed by atoms with Gasteiger partial charge in [0.25, 0.3) is 0 Å². The van der Waals surface area contributed by atoms with Crippen molar-refractivity contribution >= 4 is 17.5 Å². The van der Waals surface area contributed by atoms with Gasteiger partial charge in [0.05, 0.1) is 13.7 Å². The molecule has 0 atom stereocenters. The molecule has 1 heterocycles. The molecule has 0 aliphatic carbocycles. The predicted octanol–water partition coefficient (Wildman–Crippen LogP) is 2.38. The fraction of sp³-hybridized carbons (Fsp3) is 0.600. The lowest BCUT2D eigenvalue weighted by atomic mass is 10.2. The van der Waals surface area contributed by atoms with Gasteiger partial charge >= 0.3 is 0 Å². The third-order valence-electron chi connectivity index (χ3n) is 4.87. The van der Waals surface area contributed by atoms with Crippen LogP contribution in [0.4, 0.5) is 5.69 Å². The molecule has 0 N–H and O–H groups in total. The minimum atomic E-state index is -0.0219. The molecule has 6 heteroatoms. The Bertz CT molecular complexity index is 580. The number of piperazine rings is 1. The number of hydrogen-bond acceptors (Lipinski definition) is 4. The van der Waals surface area contributed by atoms with Gasteiger partial charge in [0.15, 0.2) is 0 Å². The third kappa shape index (κ3) is 5.64. The molecule has 2 rings (SSSR count). The number of carbonyl (C=O) groups is 2. The Morgan fingerprint density at radius 3 is 2.27 bits per heavy atom. The Kier molecular flexibility index (Phi) is 7.75. The van der Waals surface area contributed by atoms with Gasteiger partial charge in [0.1, 0.15) is 5.75 Å². The molecule has 26 heavy (non-hydrogen) atoms. The van der Waals surface area contributed by atoms with E-state index in [1.165, 1.54) is 0 Å². The second kappa shape index (κ2) is 10.0. The molecule has 1 aliphatic heterocycles. The first kappa shape index (κ1) is 20.1.